The molecule has 2 heteroatoms. The molecule has 0 radical (unpaired) electrons. The summed E-state index contributed by atoms with van der Waals surface area (Å²) in [6.45, 7) is 1.89. The molecule has 0 bridgehead atoms. The highest BCUT2D eigenvalue weighted by atomic mass is 16.1. The number of hydrogen-bond donors (Lipinski definition) is 1. The van der Waals surface area contributed by atoms with Crippen LogP contribution in [0.3, 0.4) is 0 Å². The van der Waals surface area contributed by atoms with Crippen LogP contribution in [0.25, 0.3) is 0 Å². The van der Waals surface area contributed by atoms with Crippen LogP contribution in [0.5, 0.6) is 0 Å². The van der Waals surface area contributed by atoms with Crippen LogP contribution in [0.4, 0.5) is 0 Å². The normalized spacial score (nSPS) is 19.3. The van der Waals surface area contributed by atoms with Crippen LogP contribution in [0.1, 0.15) is 40.5 Å². The van der Waals surface area contributed by atoms with Gasteiger partial charge in [0.1, 0.15) is 0 Å². The van der Waals surface area contributed by atoms with Gasteiger partial charge in [0.15, 0.2) is 0 Å². The van der Waals surface area contributed by atoms with Crippen molar-refractivity contribution < 1.29 is 6.22 Å². The van der Waals surface area contributed by atoms with E-state index in [-0.39, 0.29) is 7.33 Å². The molecule has 0 spiro atoms. The van der Waals surface area contributed by atoms with Gasteiger partial charge in [-0.3, -0.25) is 4.79 Å². The second-order valence-corrected chi connectivity index (χ2v) is 2.90. The Balaban J connectivity index is 0.000001000. The largest absolute Gasteiger partial charge is 0.353 e. The van der Waals surface area contributed by atoms with E-state index in [0.29, 0.717) is 12.5 Å². The van der Waals surface area contributed by atoms with Crippen molar-refractivity contribution in [3.8, 4) is 0 Å². The Morgan fingerprint density at radius 3 is 2.70 bits per heavy atom. The van der Waals surface area contributed by atoms with Gasteiger partial charge in [0.25, 0.3) is 0 Å². The summed E-state index contributed by atoms with van der Waals surface area (Å²) < 4.78 is 0. The summed E-state index contributed by atoms with van der Waals surface area (Å²) in [6.07, 6.45) is 5.57. The maximum absolute atomic E-state index is 10.9. The summed E-state index contributed by atoms with van der Waals surface area (Å²) in [4.78, 5) is 10.9. The first-order chi connectivity index (χ1) is 4.83. The Morgan fingerprint density at radius 2 is 2.20 bits per heavy atom. The number of amides is 1. The smallest absolute Gasteiger partial charge is 0.219 e. The lowest BCUT2D eigenvalue weighted by Crippen LogP contribution is -2.31. The zero-order chi connectivity index (χ0) is 7.40. The minimum atomic E-state index is 0. The van der Waals surface area contributed by atoms with E-state index in [1.165, 1.54) is 25.7 Å². The Labute approximate surface area is 63.5 Å². The van der Waals surface area contributed by atoms with Gasteiger partial charge in [-0.1, -0.05) is 19.8 Å². The molecule has 1 saturated carbocycles. The van der Waals surface area contributed by atoms with E-state index in [1.807, 2.05) is 6.92 Å². The monoisotopic (exact) mass is 143 g/mol. The summed E-state index contributed by atoms with van der Waals surface area (Å²) in [5.41, 5.74) is 0. The molecule has 60 valence electrons. The second kappa shape index (κ2) is 3.59. The highest BCUT2D eigenvalue weighted by Gasteiger charge is 2.15. The topological polar surface area (TPSA) is 29.1 Å². The molecule has 0 aromatic rings. The fourth-order valence-corrected chi connectivity index (χ4v) is 1.40. The fraction of sp³-hybridized carbons (Fsp3) is 0.875. The first-order valence-electron chi connectivity index (χ1n) is 4.12. The third-order valence-corrected chi connectivity index (χ3v) is 2.04. The van der Waals surface area contributed by atoms with E-state index in [1.54, 1.807) is 0 Å². The van der Waals surface area contributed by atoms with E-state index < -0.39 is 0 Å². The molecule has 0 saturated heterocycles. The standard InChI is InChI=1S/C8H15NO.H2/c1-2-8(10)9-7-5-3-4-6-7;/h7H,2-6H2,1H3,(H,9,10);1H. The third kappa shape index (κ3) is 2.01. The van der Waals surface area contributed by atoms with Gasteiger partial charge in [-0.2, -0.15) is 0 Å². The first-order valence-corrected chi connectivity index (χ1v) is 4.12. The Morgan fingerprint density at radius 1 is 1.60 bits per heavy atom. The summed E-state index contributed by atoms with van der Waals surface area (Å²) in [6, 6.07) is 0.493. The minimum absolute atomic E-state index is 0. The molecule has 1 fully saturated rings. The van der Waals surface area contributed by atoms with Gasteiger partial charge in [-0.15, -0.1) is 0 Å². The lowest BCUT2D eigenvalue weighted by atomic mass is 10.2. The molecule has 1 amide bonds. The molecular weight excluding hydrogens is 126 g/mol. The van der Waals surface area contributed by atoms with Gasteiger partial charge >= 0.3 is 0 Å². The second-order valence-electron chi connectivity index (χ2n) is 2.90. The first kappa shape index (κ1) is 7.58. The Hall–Kier alpha value is -0.530. The SMILES string of the molecule is CCC(=O)NC1CCCC1.[HH]. The van der Waals surface area contributed by atoms with Crippen LogP contribution in [0.15, 0.2) is 0 Å². The zero-order valence-corrected chi connectivity index (χ0v) is 6.52. The lowest BCUT2D eigenvalue weighted by molar-refractivity contribution is -0.121. The molecule has 1 aliphatic rings. The van der Waals surface area contributed by atoms with Crippen LogP contribution in [0.2, 0.25) is 0 Å². The number of carbonyl (C=O) groups is 1. The summed E-state index contributed by atoms with van der Waals surface area (Å²) >= 11 is 0. The highest BCUT2D eigenvalue weighted by molar-refractivity contribution is 5.75. The van der Waals surface area contributed by atoms with E-state index in [4.69, 9.17) is 0 Å². The molecule has 0 unspecified atom stereocenters. The predicted octanol–water partition coefficient (Wildman–Crippen LogP) is 1.70. The van der Waals surface area contributed by atoms with Crippen molar-refractivity contribution in [2.45, 2.75) is 45.1 Å². The van der Waals surface area contributed by atoms with Crippen molar-refractivity contribution in [3.05, 3.63) is 0 Å². The molecule has 0 aromatic carbocycles. The van der Waals surface area contributed by atoms with Crippen molar-refractivity contribution >= 4 is 5.91 Å². The van der Waals surface area contributed by atoms with Crippen LogP contribution >= 0.6 is 0 Å². The van der Waals surface area contributed by atoms with Gasteiger partial charge in [-0.25, -0.2) is 0 Å². The number of carbonyl (C=O) groups excluding carboxylic acids is 1. The van der Waals surface area contributed by atoms with Crippen LogP contribution in [-0.4, -0.2) is 11.9 Å². The van der Waals surface area contributed by atoms with Crippen LogP contribution < -0.4 is 5.32 Å². The van der Waals surface area contributed by atoms with Crippen LogP contribution in [0, 0.1) is 0 Å². The van der Waals surface area contributed by atoms with Crippen molar-refractivity contribution in [1.82, 2.24) is 5.32 Å². The van der Waals surface area contributed by atoms with Crippen molar-refractivity contribution in [3.63, 3.8) is 0 Å². The average Bonchev–Trinajstić information content (AvgIpc) is 2.40. The van der Waals surface area contributed by atoms with Gasteiger partial charge < -0.3 is 5.32 Å². The van der Waals surface area contributed by atoms with Crippen molar-refractivity contribution in [2.24, 2.45) is 0 Å². The zero-order valence-electron chi connectivity index (χ0n) is 6.52. The number of rotatable bonds is 2. The van der Waals surface area contributed by atoms with Gasteiger partial charge in [0, 0.05) is 13.9 Å². The van der Waals surface area contributed by atoms with Gasteiger partial charge in [0.05, 0.1) is 0 Å². The maximum Gasteiger partial charge on any atom is 0.219 e. The average molecular weight is 143 g/mol. The molecule has 2 nitrogen and oxygen atoms in total. The molecule has 0 atom stereocenters. The summed E-state index contributed by atoms with van der Waals surface area (Å²) in [7, 11) is 0. The Bertz CT molecular complexity index is 121. The molecule has 0 aliphatic heterocycles. The molecule has 1 aliphatic carbocycles. The molecule has 10 heavy (non-hydrogen) atoms. The molecule has 1 rings (SSSR count). The fourth-order valence-electron chi connectivity index (χ4n) is 1.40. The third-order valence-electron chi connectivity index (χ3n) is 2.04. The van der Waals surface area contributed by atoms with Gasteiger partial charge in [-0.05, 0) is 12.8 Å². The molecule has 0 aromatic heterocycles. The number of hydrogen-bond acceptors (Lipinski definition) is 1. The Kier molecular flexibility index (Phi) is 2.72. The van der Waals surface area contributed by atoms with E-state index in [0.717, 1.165) is 0 Å². The lowest BCUT2D eigenvalue weighted by Gasteiger charge is -2.09. The van der Waals surface area contributed by atoms with E-state index >= 15 is 0 Å². The summed E-state index contributed by atoms with van der Waals surface area (Å²) in [5, 5.41) is 2.99. The van der Waals surface area contributed by atoms with E-state index in [9.17, 15) is 4.79 Å². The molecule has 1 N–H and O–H groups in total. The van der Waals surface area contributed by atoms with Crippen molar-refractivity contribution in [2.75, 3.05) is 0 Å². The molecule has 0 heterocycles. The maximum atomic E-state index is 10.9. The quantitative estimate of drug-likeness (QED) is 0.626. The van der Waals surface area contributed by atoms with Crippen LogP contribution in [-0.2, 0) is 4.79 Å². The molecular formula is C8H17NO. The van der Waals surface area contributed by atoms with Gasteiger partial charge in [0.2, 0.25) is 5.91 Å². The predicted molar refractivity (Wildman–Crippen MR) is 42.8 cm³/mol. The van der Waals surface area contributed by atoms with E-state index in [2.05, 4.69) is 5.32 Å². The number of nitrogens with one attached hydrogen (secondary N) is 1. The minimum Gasteiger partial charge on any atom is -0.353 e. The van der Waals surface area contributed by atoms with Crippen molar-refractivity contribution in [1.29, 1.82) is 0 Å². The highest BCUT2D eigenvalue weighted by Crippen LogP contribution is 2.17. The summed E-state index contributed by atoms with van der Waals surface area (Å²) in [5.74, 6) is 0.201.